The van der Waals surface area contributed by atoms with Crippen LogP contribution in [0.15, 0.2) is 23.0 Å². The summed E-state index contributed by atoms with van der Waals surface area (Å²) in [6, 6.07) is 4.27. The number of hydrogen-bond acceptors (Lipinski definition) is 2. The molecule has 3 nitrogen and oxygen atoms in total. The highest BCUT2D eigenvalue weighted by molar-refractivity contribution is 6.28. The second kappa shape index (κ2) is 3.62. The van der Waals surface area contributed by atoms with Gasteiger partial charge in [-0.05, 0) is 30.7 Å². The fourth-order valence-electron chi connectivity index (χ4n) is 1.46. The maximum atomic E-state index is 13.3. The fraction of sp³-hybridized carbons (Fsp3) is 0.200. The summed E-state index contributed by atoms with van der Waals surface area (Å²) in [7, 11) is 0. The molecule has 1 heterocycles. The summed E-state index contributed by atoms with van der Waals surface area (Å²) in [6.45, 7) is 2.19. The van der Waals surface area contributed by atoms with Gasteiger partial charge in [0.15, 0.2) is 0 Å². The van der Waals surface area contributed by atoms with E-state index in [0.29, 0.717) is 6.54 Å². The number of nitrogens with zero attached hydrogens (tertiary/aromatic N) is 2. The minimum Gasteiger partial charge on any atom is -0.283 e. The van der Waals surface area contributed by atoms with Crippen molar-refractivity contribution >= 4 is 22.5 Å². The molecule has 1 aromatic heterocycles. The zero-order valence-electron chi connectivity index (χ0n) is 8.00. The largest absolute Gasteiger partial charge is 0.283 e. The molecule has 0 saturated heterocycles. The van der Waals surface area contributed by atoms with Gasteiger partial charge in [-0.3, -0.25) is 9.36 Å². The van der Waals surface area contributed by atoms with E-state index in [4.69, 9.17) is 11.6 Å². The highest BCUT2D eigenvalue weighted by atomic mass is 35.5. The summed E-state index contributed by atoms with van der Waals surface area (Å²) in [6.07, 6.45) is 0. The molecule has 15 heavy (non-hydrogen) atoms. The number of benzene rings is 1. The van der Waals surface area contributed by atoms with Crippen molar-refractivity contribution in [2.75, 3.05) is 0 Å². The third-order valence-corrected chi connectivity index (χ3v) is 2.49. The van der Waals surface area contributed by atoms with Crippen molar-refractivity contribution in [3.8, 4) is 0 Å². The van der Waals surface area contributed by atoms with Crippen molar-refractivity contribution < 1.29 is 4.39 Å². The van der Waals surface area contributed by atoms with Gasteiger partial charge in [0.1, 0.15) is 11.3 Å². The van der Waals surface area contributed by atoms with Crippen LogP contribution in [-0.4, -0.2) is 9.55 Å². The third-order valence-electron chi connectivity index (χ3n) is 2.21. The lowest BCUT2D eigenvalue weighted by atomic mass is 10.2. The molecule has 1 aromatic carbocycles. The Morgan fingerprint density at radius 1 is 1.53 bits per heavy atom. The van der Waals surface area contributed by atoms with Crippen molar-refractivity contribution in [3.05, 3.63) is 39.7 Å². The van der Waals surface area contributed by atoms with Crippen LogP contribution in [0.5, 0.6) is 0 Å². The Bertz CT molecular complexity index is 579. The van der Waals surface area contributed by atoms with E-state index in [1.807, 2.05) is 0 Å². The molecule has 0 fully saturated rings. The third kappa shape index (κ3) is 1.51. The molecule has 0 unspecified atom stereocenters. The van der Waals surface area contributed by atoms with Crippen molar-refractivity contribution in [1.82, 2.24) is 9.55 Å². The van der Waals surface area contributed by atoms with Gasteiger partial charge in [0.05, 0.1) is 5.39 Å². The fourth-order valence-corrected chi connectivity index (χ4v) is 1.74. The molecule has 0 amide bonds. The Morgan fingerprint density at radius 3 is 2.93 bits per heavy atom. The molecule has 0 radical (unpaired) electrons. The van der Waals surface area contributed by atoms with Crippen molar-refractivity contribution in [2.24, 2.45) is 0 Å². The smallest absolute Gasteiger partial charge is 0.262 e. The molecule has 0 atom stereocenters. The number of para-hydroxylation sites is 1. The Morgan fingerprint density at radius 2 is 2.27 bits per heavy atom. The molecule has 2 rings (SSSR count). The summed E-state index contributed by atoms with van der Waals surface area (Å²) in [4.78, 5) is 15.7. The van der Waals surface area contributed by atoms with Gasteiger partial charge in [0.25, 0.3) is 5.56 Å². The van der Waals surface area contributed by atoms with Gasteiger partial charge < -0.3 is 0 Å². The van der Waals surface area contributed by atoms with Gasteiger partial charge in [-0.25, -0.2) is 9.37 Å². The molecule has 0 N–H and O–H groups in total. The molecule has 0 bridgehead atoms. The van der Waals surface area contributed by atoms with Gasteiger partial charge in [0.2, 0.25) is 5.28 Å². The second-order valence-corrected chi connectivity index (χ2v) is 3.40. The Labute approximate surface area is 90.1 Å². The van der Waals surface area contributed by atoms with Crippen LogP contribution < -0.4 is 5.56 Å². The van der Waals surface area contributed by atoms with Crippen LogP contribution >= 0.6 is 11.6 Å². The predicted molar refractivity (Wildman–Crippen MR) is 56.6 cm³/mol. The van der Waals surface area contributed by atoms with Gasteiger partial charge in [-0.2, -0.15) is 0 Å². The minimum atomic E-state index is -0.533. The quantitative estimate of drug-likeness (QED) is 0.699. The van der Waals surface area contributed by atoms with Gasteiger partial charge in [-0.15, -0.1) is 0 Å². The van der Waals surface area contributed by atoms with Crippen LogP contribution in [0.2, 0.25) is 5.28 Å². The van der Waals surface area contributed by atoms with Crippen LogP contribution in [0.4, 0.5) is 4.39 Å². The van der Waals surface area contributed by atoms with E-state index >= 15 is 0 Å². The molecule has 5 heteroatoms. The van der Waals surface area contributed by atoms with E-state index in [9.17, 15) is 9.18 Å². The standard InChI is InChI=1S/C10H8ClFN2O/c1-2-14-9(15)6-4-3-5-7(12)8(6)13-10(14)11/h3-5H,2H2,1H3. The number of fused-ring (bicyclic) bond motifs is 1. The first-order valence-corrected chi connectivity index (χ1v) is 4.87. The van der Waals surface area contributed by atoms with Gasteiger partial charge >= 0.3 is 0 Å². The van der Waals surface area contributed by atoms with Crippen LogP contribution in [0.1, 0.15) is 6.92 Å². The topological polar surface area (TPSA) is 34.9 Å². The molecule has 78 valence electrons. The van der Waals surface area contributed by atoms with E-state index in [1.54, 1.807) is 6.92 Å². The van der Waals surface area contributed by atoms with E-state index < -0.39 is 5.82 Å². The lowest BCUT2D eigenvalue weighted by Crippen LogP contribution is -2.21. The molecular weight excluding hydrogens is 219 g/mol. The normalized spacial score (nSPS) is 10.9. The predicted octanol–water partition coefficient (Wildman–Crippen LogP) is 2.21. The van der Waals surface area contributed by atoms with E-state index in [-0.39, 0.29) is 21.7 Å². The maximum absolute atomic E-state index is 13.3. The zero-order valence-corrected chi connectivity index (χ0v) is 8.75. The molecule has 0 aliphatic rings. The average Bonchev–Trinajstić information content (AvgIpc) is 2.20. The average molecular weight is 227 g/mol. The van der Waals surface area contributed by atoms with Gasteiger partial charge in [0, 0.05) is 6.54 Å². The van der Waals surface area contributed by atoms with E-state index in [2.05, 4.69) is 4.98 Å². The summed E-state index contributed by atoms with van der Waals surface area (Å²) < 4.78 is 14.6. The molecule has 2 aromatic rings. The minimum absolute atomic E-state index is 0.0140. The van der Waals surface area contributed by atoms with Crippen LogP contribution in [-0.2, 0) is 6.54 Å². The second-order valence-electron chi connectivity index (χ2n) is 3.07. The summed E-state index contributed by atoms with van der Waals surface area (Å²) in [5.41, 5.74) is -0.288. The maximum Gasteiger partial charge on any atom is 0.262 e. The van der Waals surface area contributed by atoms with Crippen LogP contribution in [0.25, 0.3) is 10.9 Å². The van der Waals surface area contributed by atoms with Gasteiger partial charge in [-0.1, -0.05) is 6.07 Å². The first-order valence-electron chi connectivity index (χ1n) is 4.49. The van der Waals surface area contributed by atoms with Crippen molar-refractivity contribution in [1.29, 1.82) is 0 Å². The highest BCUT2D eigenvalue weighted by Crippen LogP contribution is 2.14. The number of hydrogen-bond donors (Lipinski definition) is 0. The summed E-state index contributed by atoms with van der Waals surface area (Å²) in [5.74, 6) is -0.533. The SMILES string of the molecule is CCn1c(Cl)nc2c(F)cccc2c1=O. The lowest BCUT2D eigenvalue weighted by molar-refractivity contribution is 0.633. The highest BCUT2D eigenvalue weighted by Gasteiger charge is 2.10. The molecule has 0 aliphatic heterocycles. The lowest BCUT2D eigenvalue weighted by Gasteiger charge is -2.06. The number of rotatable bonds is 1. The molecule has 0 aliphatic carbocycles. The Balaban J connectivity index is 2.98. The van der Waals surface area contributed by atoms with Crippen molar-refractivity contribution in [2.45, 2.75) is 13.5 Å². The molecule has 0 spiro atoms. The van der Waals surface area contributed by atoms with Crippen molar-refractivity contribution in [3.63, 3.8) is 0 Å². The number of halogens is 2. The molecular formula is C10H8ClFN2O. The molecule has 0 saturated carbocycles. The van der Waals surface area contributed by atoms with E-state index in [1.165, 1.54) is 22.8 Å². The zero-order chi connectivity index (χ0) is 11.0. The van der Waals surface area contributed by atoms with Crippen LogP contribution in [0.3, 0.4) is 0 Å². The first-order chi connectivity index (χ1) is 7.15. The van der Waals surface area contributed by atoms with E-state index in [0.717, 1.165) is 0 Å². The monoisotopic (exact) mass is 226 g/mol. The van der Waals surface area contributed by atoms with Crippen LogP contribution in [0, 0.1) is 5.82 Å². The summed E-state index contributed by atoms with van der Waals surface area (Å²) >= 11 is 5.77. The summed E-state index contributed by atoms with van der Waals surface area (Å²) in [5, 5.41) is 0.265. The first kappa shape index (κ1) is 10.1. The number of aromatic nitrogens is 2. The Hall–Kier alpha value is -1.42. The Kier molecular flexibility index (Phi) is 2.44.